The van der Waals surface area contributed by atoms with Crippen LogP contribution in [0.5, 0.6) is 0 Å². The van der Waals surface area contributed by atoms with Crippen molar-refractivity contribution >= 4 is 29.8 Å². The Morgan fingerprint density at radius 3 is 1.98 bits per heavy atom. The second-order valence-electron chi connectivity index (χ2n) is 20.6. The Kier molecular flexibility index (Phi) is 10.2. The van der Waals surface area contributed by atoms with E-state index in [1.165, 1.54) is 0 Å². The quantitative estimate of drug-likeness (QED) is 0.180. The van der Waals surface area contributed by atoms with Gasteiger partial charge < -0.3 is 38.6 Å². The van der Waals surface area contributed by atoms with Crippen LogP contribution in [0.4, 0.5) is 0 Å². The summed E-state index contributed by atoms with van der Waals surface area (Å²) in [4.78, 5) is 68.5. The second-order valence-corrected chi connectivity index (χ2v) is 20.6. The molecule has 8 bridgehead atoms. The molecule has 13 nitrogen and oxygen atoms in total. The molecular formula is C43H62O13. The Labute approximate surface area is 329 Å². The molecule has 8 aliphatic carbocycles. The SMILES string of the molecule is CCC(CC(CC(C)C(=O)OC1CC(C)(C)OC1=O)C(=O)OC12CC3CC(O)(CC(O)(C3)C1)C2)C(=O)OC12CC3CC(C1)CC(C(=O)OC1CCCCO1)(C3)C2. The first-order valence-corrected chi connectivity index (χ1v) is 21.5. The molecule has 0 spiro atoms. The fourth-order valence-corrected chi connectivity index (χ4v) is 13.4. The average molecular weight is 787 g/mol. The second kappa shape index (κ2) is 14.2. The van der Waals surface area contributed by atoms with Crippen LogP contribution in [0.2, 0.25) is 0 Å². The summed E-state index contributed by atoms with van der Waals surface area (Å²) >= 11 is 0. The lowest BCUT2D eigenvalue weighted by Gasteiger charge is -2.62. The molecule has 2 aliphatic heterocycles. The number of ether oxygens (including phenoxy) is 6. The molecular weight excluding hydrogens is 724 g/mol. The first kappa shape index (κ1) is 40.0. The minimum absolute atomic E-state index is 0.00582. The van der Waals surface area contributed by atoms with Crippen molar-refractivity contribution in [3.05, 3.63) is 0 Å². The molecule has 0 amide bonds. The van der Waals surface area contributed by atoms with E-state index in [1.807, 2.05) is 6.92 Å². The van der Waals surface area contributed by atoms with Gasteiger partial charge in [0.05, 0.1) is 41.0 Å². The van der Waals surface area contributed by atoms with Crippen LogP contribution in [0.1, 0.15) is 150 Å². The van der Waals surface area contributed by atoms with E-state index in [-0.39, 0.29) is 62.2 Å². The molecule has 2 heterocycles. The van der Waals surface area contributed by atoms with Gasteiger partial charge in [0.1, 0.15) is 16.8 Å². The maximum atomic E-state index is 14.4. The Hall–Kier alpha value is -2.77. The largest absolute Gasteiger partial charge is 0.459 e. The minimum Gasteiger partial charge on any atom is -0.459 e. The maximum Gasteiger partial charge on any atom is 0.348 e. The van der Waals surface area contributed by atoms with E-state index in [0.29, 0.717) is 58.0 Å². The van der Waals surface area contributed by atoms with Gasteiger partial charge in [0.2, 0.25) is 12.4 Å². The Morgan fingerprint density at radius 1 is 0.750 bits per heavy atom. The summed E-state index contributed by atoms with van der Waals surface area (Å²) < 4.78 is 35.5. The van der Waals surface area contributed by atoms with E-state index in [2.05, 4.69) is 0 Å². The molecule has 0 aromatic heterocycles. The molecule has 312 valence electrons. The van der Waals surface area contributed by atoms with Crippen LogP contribution in [0, 0.1) is 40.9 Å². The van der Waals surface area contributed by atoms with Crippen molar-refractivity contribution < 1.29 is 62.6 Å². The highest BCUT2D eigenvalue weighted by Gasteiger charge is 2.66. The number of aliphatic hydroxyl groups is 2. The highest BCUT2D eigenvalue weighted by atomic mass is 16.7. The molecule has 2 saturated heterocycles. The Balaban J connectivity index is 0.984. The lowest BCUT2D eigenvalue weighted by atomic mass is 9.48. The molecule has 56 heavy (non-hydrogen) atoms. The van der Waals surface area contributed by atoms with Gasteiger partial charge >= 0.3 is 29.8 Å². The van der Waals surface area contributed by atoms with E-state index < -0.39 is 87.4 Å². The lowest BCUT2D eigenvalue weighted by Crippen LogP contribution is -2.67. The Bertz CT molecular complexity index is 1560. The molecule has 10 fully saturated rings. The lowest BCUT2D eigenvalue weighted by molar-refractivity contribution is -0.263. The average Bonchev–Trinajstić information content (AvgIpc) is 3.33. The summed E-state index contributed by atoms with van der Waals surface area (Å²) in [7, 11) is 0. The number of carbonyl (C=O) groups is 5. The van der Waals surface area contributed by atoms with Crippen LogP contribution in [0.15, 0.2) is 0 Å². The van der Waals surface area contributed by atoms with Crippen LogP contribution in [-0.4, -0.2) is 87.1 Å². The van der Waals surface area contributed by atoms with Gasteiger partial charge in [0.25, 0.3) is 0 Å². The predicted molar refractivity (Wildman–Crippen MR) is 196 cm³/mol. The van der Waals surface area contributed by atoms with Gasteiger partial charge in [-0.3, -0.25) is 19.2 Å². The van der Waals surface area contributed by atoms with Crippen LogP contribution in [-0.2, 0) is 52.4 Å². The van der Waals surface area contributed by atoms with Crippen molar-refractivity contribution in [2.24, 2.45) is 40.9 Å². The molecule has 13 heteroatoms. The van der Waals surface area contributed by atoms with Gasteiger partial charge in [-0.1, -0.05) is 13.8 Å². The van der Waals surface area contributed by atoms with Crippen molar-refractivity contribution in [2.75, 3.05) is 6.61 Å². The summed E-state index contributed by atoms with van der Waals surface area (Å²) in [5.74, 6) is -4.49. The van der Waals surface area contributed by atoms with E-state index >= 15 is 0 Å². The Morgan fingerprint density at radius 2 is 1.39 bits per heavy atom. The summed E-state index contributed by atoms with van der Waals surface area (Å²) in [5.41, 5.74) is -5.58. The summed E-state index contributed by atoms with van der Waals surface area (Å²) in [5, 5.41) is 22.8. The third kappa shape index (κ3) is 7.86. The monoisotopic (exact) mass is 786 g/mol. The van der Waals surface area contributed by atoms with Crippen LogP contribution >= 0.6 is 0 Å². The van der Waals surface area contributed by atoms with Gasteiger partial charge in [0, 0.05) is 38.5 Å². The number of hydrogen-bond donors (Lipinski definition) is 2. The topological polar surface area (TPSA) is 181 Å². The number of hydrogen-bond acceptors (Lipinski definition) is 13. The third-order valence-corrected chi connectivity index (χ3v) is 14.8. The number of rotatable bonds is 13. The zero-order valence-corrected chi connectivity index (χ0v) is 33.6. The summed E-state index contributed by atoms with van der Waals surface area (Å²) in [6.45, 7) is 7.57. The fourth-order valence-electron chi connectivity index (χ4n) is 13.4. The molecule has 0 aromatic rings. The third-order valence-electron chi connectivity index (χ3n) is 14.8. The smallest absolute Gasteiger partial charge is 0.348 e. The molecule has 2 N–H and O–H groups in total. The van der Waals surface area contributed by atoms with Gasteiger partial charge in [-0.05, 0) is 115 Å². The highest BCUT2D eigenvalue weighted by Crippen LogP contribution is 2.64. The first-order valence-electron chi connectivity index (χ1n) is 21.5. The van der Waals surface area contributed by atoms with Crippen molar-refractivity contribution in [1.82, 2.24) is 0 Å². The van der Waals surface area contributed by atoms with E-state index in [1.54, 1.807) is 20.8 Å². The van der Waals surface area contributed by atoms with Gasteiger partial charge in [-0.25, -0.2) is 4.79 Å². The van der Waals surface area contributed by atoms with E-state index in [9.17, 15) is 34.2 Å². The highest BCUT2D eigenvalue weighted by molar-refractivity contribution is 5.83. The molecule has 10 rings (SSSR count). The molecule has 0 radical (unpaired) electrons. The number of carbonyl (C=O) groups excluding carboxylic acids is 5. The molecule has 9 atom stereocenters. The van der Waals surface area contributed by atoms with Crippen molar-refractivity contribution in [1.29, 1.82) is 0 Å². The predicted octanol–water partition coefficient (Wildman–Crippen LogP) is 5.38. The number of esters is 5. The summed E-state index contributed by atoms with van der Waals surface area (Å²) in [6, 6.07) is 0. The minimum atomic E-state index is -1.12. The molecule has 10 aliphatic rings. The standard InChI is InChI=1S/C43H62O13/c1-5-29(34(45)55-42-17-26-11-27(18-42)14-39(13-26,21-42)37(48)53-32-8-6-7-9-51-32)12-30(10-25(2)33(44)52-31-20-38(3,4)54-36(31)47)35(46)56-43-19-28-15-40(49,23-43)22-41(50,16-28)24-43/h25-32,49-50H,5-24H2,1-4H3. The van der Waals surface area contributed by atoms with Gasteiger partial charge in [-0.15, -0.1) is 0 Å². The van der Waals surface area contributed by atoms with Crippen molar-refractivity contribution in [3.63, 3.8) is 0 Å². The van der Waals surface area contributed by atoms with Crippen LogP contribution < -0.4 is 0 Å². The van der Waals surface area contributed by atoms with Crippen molar-refractivity contribution in [2.45, 2.75) is 190 Å². The van der Waals surface area contributed by atoms with E-state index in [0.717, 1.165) is 32.1 Å². The van der Waals surface area contributed by atoms with Gasteiger partial charge in [0.15, 0.2) is 0 Å². The maximum absolute atomic E-state index is 14.4. The molecule has 0 aromatic carbocycles. The van der Waals surface area contributed by atoms with E-state index in [4.69, 9.17) is 28.4 Å². The van der Waals surface area contributed by atoms with Crippen molar-refractivity contribution in [3.8, 4) is 0 Å². The van der Waals surface area contributed by atoms with Crippen LogP contribution in [0.25, 0.3) is 0 Å². The van der Waals surface area contributed by atoms with Crippen LogP contribution in [0.3, 0.4) is 0 Å². The first-order chi connectivity index (χ1) is 26.3. The number of cyclic esters (lactones) is 1. The fraction of sp³-hybridized carbons (Fsp3) is 0.884. The molecule has 9 unspecified atom stereocenters. The zero-order valence-electron chi connectivity index (χ0n) is 33.6. The zero-order chi connectivity index (χ0) is 39.9. The van der Waals surface area contributed by atoms with Gasteiger partial charge in [-0.2, -0.15) is 0 Å². The summed E-state index contributed by atoms with van der Waals surface area (Å²) in [6.07, 6.45) is 8.20. The normalized spacial score (nSPS) is 43.0. The molecule has 8 saturated carbocycles.